The van der Waals surface area contributed by atoms with Crippen LogP contribution in [0.2, 0.25) is 0 Å². The molecular weight excluding hydrogens is 410 g/mol. The number of nitrogens with one attached hydrogen (secondary N) is 1. The van der Waals surface area contributed by atoms with Gasteiger partial charge in [-0.1, -0.05) is 6.07 Å². The lowest BCUT2D eigenvalue weighted by atomic mass is 10.0. The topological polar surface area (TPSA) is 169 Å². The number of nitrogens with zero attached hydrogens (tertiary/aromatic N) is 1. The summed E-state index contributed by atoms with van der Waals surface area (Å²) < 4.78 is 28.8. The minimum atomic E-state index is -4.78. The number of benzene rings is 1. The molecule has 0 unspecified atom stereocenters. The van der Waals surface area contributed by atoms with Crippen molar-refractivity contribution in [1.29, 1.82) is 0 Å². The number of hydrogen-bond acceptors (Lipinski definition) is 7. The minimum absolute atomic E-state index is 0.00895. The Morgan fingerprint density at radius 2 is 2.03 bits per heavy atom. The van der Waals surface area contributed by atoms with Gasteiger partial charge in [-0.3, -0.25) is 9.52 Å². The summed E-state index contributed by atoms with van der Waals surface area (Å²) in [5.74, 6) is -3.22. The average Bonchev–Trinajstić information content (AvgIpc) is 2.62. The van der Waals surface area contributed by atoms with Gasteiger partial charge in [0.1, 0.15) is 11.5 Å². The first-order valence-electron chi connectivity index (χ1n) is 8.01. The maximum atomic E-state index is 13.5. The van der Waals surface area contributed by atoms with Crippen LogP contribution in [0.1, 0.15) is 12.5 Å². The molecule has 0 amide bonds. The number of carboxylic acid groups (broad SMARTS) is 1. The van der Waals surface area contributed by atoms with Crippen molar-refractivity contribution in [2.45, 2.75) is 13.3 Å². The van der Waals surface area contributed by atoms with E-state index >= 15 is 0 Å². The molecular formula is C17H18FN2O8P. The molecule has 0 saturated carbocycles. The fourth-order valence-corrected chi connectivity index (χ4v) is 2.59. The first-order chi connectivity index (χ1) is 13.5. The largest absolute Gasteiger partial charge is 0.505 e. The first-order valence-corrected chi connectivity index (χ1v) is 9.54. The number of phenols is 1. The van der Waals surface area contributed by atoms with Crippen LogP contribution in [0.15, 0.2) is 58.2 Å². The van der Waals surface area contributed by atoms with E-state index in [0.29, 0.717) is 5.70 Å². The maximum Gasteiger partial charge on any atom is 0.469 e. The van der Waals surface area contributed by atoms with Crippen LogP contribution in [0.5, 0.6) is 5.75 Å². The van der Waals surface area contributed by atoms with E-state index in [-0.39, 0.29) is 28.9 Å². The Morgan fingerprint density at radius 1 is 1.34 bits per heavy atom. The molecule has 0 radical (unpaired) electrons. The molecule has 1 aromatic rings. The Labute approximate surface area is 164 Å². The zero-order valence-electron chi connectivity index (χ0n) is 15.0. The van der Waals surface area contributed by atoms with E-state index in [4.69, 9.17) is 9.79 Å². The number of carbonyl (C=O) groups is 1. The van der Waals surface area contributed by atoms with Crippen molar-refractivity contribution in [2.75, 3.05) is 6.61 Å². The highest BCUT2D eigenvalue weighted by molar-refractivity contribution is 7.46. The molecule has 10 nitrogen and oxygen atoms in total. The number of rotatable bonds is 7. The fourth-order valence-electron chi connectivity index (χ4n) is 2.29. The highest BCUT2D eigenvalue weighted by Gasteiger charge is 2.22. The molecule has 0 aromatic heterocycles. The molecule has 1 aromatic carbocycles. The lowest BCUT2D eigenvalue weighted by molar-refractivity contribution is -0.129. The molecule has 0 saturated heterocycles. The van der Waals surface area contributed by atoms with E-state index in [9.17, 15) is 29.1 Å². The number of phosphoric acid groups is 1. The third-order valence-electron chi connectivity index (χ3n) is 3.79. The molecule has 0 atom stereocenters. The Bertz CT molecular complexity index is 993. The Kier molecular flexibility index (Phi) is 6.93. The van der Waals surface area contributed by atoms with Crippen LogP contribution >= 0.6 is 7.82 Å². The van der Waals surface area contributed by atoms with Crippen LogP contribution in [0, 0.1) is 5.82 Å². The second kappa shape index (κ2) is 9.01. The van der Waals surface area contributed by atoms with Gasteiger partial charge in [0.15, 0.2) is 11.6 Å². The summed E-state index contributed by atoms with van der Waals surface area (Å²) in [5, 5.41) is 31.4. The number of carboxylic acids is 1. The molecule has 0 fully saturated rings. The lowest BCUT2D eigenvalue weighted by Gasteiger charge is -2.19. The average molecular weight is 428 g/mol. The first kappa shape index (κ1) is 22.3. The van der Waals surface area contributed by atoms with Crippen molar-refractivity contribution in [2.24, 2.45) is 4.99 Å². The summed E-state index contributed by atoms with van der Waals surface area (Å²) in [6.07, 6.45) is 2.05. The Balaban J connectivity index is 2.35. The summed E-state index contributed by atoms with van der Waals surface area (Å²) >= 11 is 0. The summed E-state index contributed by atoms with van der Waals surface area (Å²) in [4.78, 5) is 33.0. The smallest absolute Gasteiger partial charge is 0.469 e. The van der Waals surface area contributed by atoms with Gasteiger partial charge in [-0.05, 0) is 24.6 Å². The van der Waals surface area contributed by atoms with Crippen LogP contribution < -0.4 is 5.32 Å². The summed E-state index contributed by atoms with van der Waals surface area (Å²) in [6.45, 7) is 0.933. The number of aliphatic carboxylic acids is 1. The van der Waals surface area contributed by atoms with E-state index in [1.54, 1.807) is 0 Å². The third-order valence-corrected chi connectivity index (χ3v) is 4.25. The van der Waals surface area contributed by atoms with Crippen LogP contribution in [0.3, 0.4) is 0 Å². The van der Waals surface area contributed by atoms with Gasteiger partial charge in [-0.15, -0.1) is 0 Å². The van der Waals surface area contributed by atoms with Crippen molar-refractivity contribution in [1.82, 2.24) is 5.32 Å². The summed E-state index contributed by atoms with van der Waals surface area (Å²) in [7, 11) is -4.78. The van der Waals surface area contributed by atoms with Gasteiger partial charge in [0.25, 0.3) is 0 Å². The van der Waals surface area contributed by atoms with Gasteiger partial charge in [-0.25, -0.2) is 13.8 Å². The molecule has 12 heteroatoms. The van der Waals surface area contributed by atoms with Crippen LogP contribution in [-0.4, -0.2) is 43.4 Å². The molecule has 6 N–H and O–H groups in total. The van der Waals surface area contributed by atoms with Crippen LogP contribution in [0.4, 0.5) is 4.39 Å². The number of aromatic hydroxyl groups is 1. The van der Waals surface area contributed by atoms with Gasteiger partial charge < -0.3 is 30.4 Å². The van der Waals surface area contributed by atoms with E-state index in [1.165, 1.54) is 19.2 Å². The fraction of sp³-hybridized carbons (Fsp3) is 0.176. The lowest BCUT2D eigenvalue weighted by Crippen LogP contribution is -2.18. The van der Waals surface area contributed by atoms with Crippen LogP contribution in [0.25, 0.3) is 0 Å². The van der Waals surface area contributed by atoms with Gasteiger partial charge >= 0.3 is 13.8 Å². The zero-order chi connectivity index (χ0) is 21.8. The molecule has 1 aliphatic heterocycles. The number of aliphatic hydroxyl groups excluding tert-OH is 1. The van der Waals surface area contributed by atoms with Crippen molar-refractivity contribution in [3.8, 4) is 5.75 Å². The summed E-state index contributed by atoms with van der Waals surface area (Å²) in [5.41, 5.74) is 0.235. The van der Waals surface area contributed by atoms with E-state index in [1.807, 2.05) is 0 Å². The highest BCUT2D eigenvalue weighted by atomic mass is 31.2. The number of halogens is 1. The van der Waals surface area contributed by atoms with Gasteiger partial charge in [0.2, 0.25) is 0 Å². The minimum Gasteiger partial charge on any atom is -0.505 e. The van der Waals surface area contributed by atoms with Gasteiger partial charge in [0.05, 0.1) is 12.3 Å². The number of phenolic OH excluding ortho intramolecular Hbond substituents is 1. The molecule has 0 bridgehead atoms. The van der Waals surface area contributed by atoms with E-state index in [2.05, 4.69) is 14.8 Å². The second-order valence-electron chi connectivity index (χ2n) is 5.94. The van der Waals surface area contributed by atoms with Crippen molar-refractivity contribution >= 4 is 19.5 Å². The van der Waals surface area contributed by atoms with Gasteiger partial charge in [0, 0.05) is 30.0 Å². The van der Waals surface area contributed by atoms with Crippen molar-refractivity contribution < 1.29 is 43.4 Å². The predicted octanol–water partition coefficient (Wildman–Crippen LogP) is 1.87. The number of dihydropyridines is 1. The maximum absolute atomic E-state index is 13.5. The number of hydrogen-bond donors (Lipinski definition) is 6. The molecule has 2 rings (SSSR count). The molecule has 0 aliphatic carbocycles. The van der Waals surface area contributed by atoms with Crippen molar-refractivity contribution in [3.63, 3.8) is 0 Å². The van der Waals surface area contributed by atoms with Crippen molar-refractivity contribution in [3.05, 3.63) is 64.6 Å². The normalized spacial score (nSPS) is 16.6. The number of aliphatic hydroxyl groups is 1. The second-order valence-corrected chi connectivity index (χ2v) is 7.18. The summed E-state index contributed by atoms with van der Waals surface area (Å²) in [6, 6.07) is 3.37. The molecule has 1 aliphatic rings. The molecule has 29 heavy (non-hydrogen) atoms. The van der Waals surface area contributed by atoms with E-state index < -0.39 is 37.7 Å². The zero-order valence-corrected chi connectivity index (χ0v) is 15.9. The predicted molar refractivity (Wildman–Crippen MR) is 99.5 cm³/mol. The monoisotopic (exact) mass is 428 g/mol. The van der Waals surface area contributed by atoms with Crippen LogP contribution in [-0.2, 0) is 20.3 Å². The molecule has 0 spiro atoms. The SMILES string of the molecule is CC1=C(O)/C(=C\N=C(Cc2ccc(O)c(F)c2)C(=O)O)C(COP(=O)(O)O)=CN1. The molecule has 156 valence electrons. The Morgan fingerprint density at radius 3 is 2.62 bits per heavy atom. The van der Waals surface area contributed by atoms with E-state index in [0.717, 1.165) is 18.3 Å². The Hall–Kier alpha value is -2.98. The molecule has 1 heterocycles. The number of allylic oxidation sites excluding steroid dienone is 2. The quantitative estimate of drug-likeness (QED) is 0.280. The highest BCUT2D eigenvalue weighted by Crippen LogP contribution is 2.37. The number of phosphoric ester groups is 1. The van der Waals surface area contributed by atoms with Gasteiger partial charge in [-0.2, -0.15) is 0 Å². The standard InChI is InChI=1S/C17H18FN2O8P/c1-9-16(22)12(11(6-19-9)8-28-29(25,26)27)7-20-14(17(23)24)5-10-2-3-15(21)13(18)4-10/h2-4,6-7,19,21-22H,5,8H2,1H3,(H,23,24)(H2,25,26,27)/b12-7-,20-14?. The third kappa shape index (κ3) is 6.26. The number of aliphatic imine (C=N–C) groups is 1.